The zero-order valence-electron chi connectivity index (χ0n) is 17.7. The Balaban J connectivity index is 2.57. The molecule has 0 saturated heterocycles. The van der Waals surface area contributed by atoms with Crippen molar-refractivity contribution in [3.8, 4) is 5.75 Å². The molecular formula is C22H30N2O4. The van der Waals surface area contributed by atoms with Crippen LogP contribution in [-0.2, 0) is 22.5 Å². The number of esters is 1. The van der Waals surface area contributed by atoms with E-state index in [-0.39, 0.29) is 12.3 Å². The van der Waals surface area contributed by atoms with Crippen LogP contribution in [0.25, 0.3) is 10.9 Å². The number of nitrogens with zero attached hydrogens (tertiary/aromatic N) is 2. The van der Waals surface area contributed by atoms with Crippen LogP contribution >= 0.6 is 0 Å². The molecule has 0 radical (unpaired) electrons. The Labute approximate surface area is 166 Å². The summed E-state index contributed by atoms with van der Waals surface area (Å²) in [5.41, 5.74) is 1.35. The fraction of sp³-hybridized carbons (Fsp3) is 0.500. The van der Waals surface area contributed by atoms with Crippen molar-refractivity contribution in [2.24, 2.45) is 5.92 Å². The van der Waals surface area contributed by atoms with E-state index in [1.807, 2.05) is 32.9 Å². The third kappa shape index (κ3) is 5.44. The van der Waals surface area contributed by atoms with Crippen LogP contribution in [0.3, 0.4) is 0 Å². The van der Waals surface area contributed by atoms with Crippen LogP contribution in [0.1, 0.15) is 57.6 Å². The first kappa shape index (κ1) is 21.7. The summed E-state index contributed by atoms with van der Waals surface area (Å²) >= 11 is 0. The minimum absolute atomic E-state index is 0.0720. The van der Waals surface area contributed by atoms with Crippen molar-refractivity contribution in [3.05, 3.63) is 36.0 Å². The van der Waals surface area contributed by atoms with Gasteiger partial charge in [-0.1, -0.05) is 19.9 Å². The summed E-state index contributed by atoms with van der Waals surface area (Å²) in [6.45, 7) is 15.4. The number of allylic oxidation sites excluding steroid dienone is 1. The second-order valence-corrected chi connectivity index (χ2v) is 8.33. The van der Waals surface area contributed by atoms with Crippen LogP contribution in [0.5, 0.6) is 5.75 Å². The van der Waals surface area contributed by atoms with Gasteiger partial charge in [-0.15, -0.1) is 6.58 Å². The van der Waals surface area contributed by atoms with Gasteiger partial charge in [0.25, 0.3) is 0 Å². The Bertz CT molecular complexity index is 888. The number of carbonyl (C=O) groups is 2. The molecule has 0 unspecified atom stereocenters. The lowest BCUT2D eigenvalue weighted by molar-refractivity contribution is -0.155. The molecule has 28 heavy (non-hydrogen) atoms. The second kappa shape index (κ2) is 8.59. The Morgan fingerprint density at radius 1 is 1.29 bits per heavy atom. The molecular weight excluding hydrogens is 356 g/mol. The van der Waals surface area contributed by atoms with Crippen LogP contribution < -0.4 is 4.74 Å². The summed E-state index contributed by atoms with van der Waals surface area (Å²) in [6, 6.07) is 3.74. The Kier molecular flexibility index (Phi) is 6.65. The molecule has 0 aliphatic rings. The first-order valence-corrected chi connectivity index (χ1v) is 9.51. The highest BCUT2D eigenvalue weighted by Gasteiger charge is 2.22. The molecule has 0 amide bonds. The van der Waals surface area contributed by atoms with Crippen LogP contribution in [0, 0.1) is 5.92 Å². The molecule has 0 spiro atoms. The zero-order valence-corrected chi connectivity index (χ0v) is 17.7. The number of hydrogen-bond donors (Lipinski definition) is 0. The number of fused-ring (bicyclic) bond motifs is 1. The molecule has 0 aliphatic carbocycles. The van der Waals surface area contributed by atoms with E-state index < -0.39 is 11.6 Å². The number of ketones is 1. The lowest BCUT2D eigenvalue weighted by atomic mass is 10.0. The van der Waals surface area contributed by atoms with E-state index in [1.54, 1.807) is 10.8 Å². The molecule has 1 aromatic carbocycles. The molecule has 1 aromatic heterocycles. The number of aromatic nitrogens is 2. The fourth-order valence-corrected chi connectivity index (χ4v) is 2.90. The van der Waals surface area contributed by atoms with E-state index in [1.165, 1.54) is 6.92 Å². The minimum Gasteiger partial charge on any atom is -0.493 e. The van der Waals surface area contributed by atoms with Gasteiger partial charge in [0.05, 0.1) is 12.1 Å². The van der Waals surface area contributed by atoms with E-state index >= 15 is 0 Å². The van der Waals surface area contributed by atoms with E-state index in [0.29, 0.717) is 35.8 Å². The van der Waals surface area contributed by atoms with Crippen molar-refractivity contribution in [1.82, 2.24) is 9.78 Å². The Hall–Kier alpha value is -2.63. The van der Waals surface area contributed by atoms with Crippen molar-refractivity contribution < 1.29 is 19.1 Å². The minimum atomic E-state index is -0.592. The average molecular weight is 386 g/mol. The molecule has 6 heteroatoms. The fourth-order valence-electron chi connectivity index (χ4n) is 2.90. The number of hydrogen-bond acceptors (Lipinski definition) is 5. The van der Waals surface area contributed by atoms with Crippen molar-refractivity contribution >= 4 is 22.7 Å². The molecule has 2 rings (SSSR count). The highest BCUT2D eigenvalue weighted by Crippen LogP contribution is 2.30. The average Bonchev–Trinajstić information content (AvgIpc) is 2.90. The number of carbonyl (C=O) groups excluding carboxylic acids is 2. The van der Waals surface area contributed by atoms with E-state index in [9.17, 15) is 9.59 Å². The van der Waals surface area contributed by atoms with Gasteiger partial charge in [0.2, 0.25) is 0 Å². The largest absolute Gasteiger partial charge is 0.493 e. The molecule has 0 bridgehead atoms. The number of ether oxygens (including phenoxy) is 2. The van der Waals surface area contributed by atoms with Gasteiger partial charge in [-0.05, 0) is 50.8 Å². The van der Waals surface area contributed by atoms with Gasteiger partial charge in [-0.2, -0.15) is 5.10 Å². The van der Waals surface area contributed by atoms with Gasteiger partial charge in [0.15, 0.2) is 5.78 Å². The normalized spacial score (nSPS) is 11.7. The zero-order chi connectivity index (χ0) is 21.1. The van der Waals surface area contributed by atoms with E-state index in [4.69, 9.17) is 9.47 Å². The predicted octanol–water partition coefficient (Wildman–Crippen LogP) is 4.34. The van der Waals surface area contributed by atoms with Crippen LogP contribution in [0.2, 0.25) is 0 Å². The molecule has 0 aliphatic heterocycles. The third-order valence-electron chi connectivity index (χ3n) is 3.88. The van der Waals surface area contributed by atoms with Crippen molar-refractivity contribution in [1.29, 1.82) is 0 Å². The summed E-state index contributed by atoms with van der Waals surface area (Å²) in [6.07, 6.45) is 2.34. The van der Waals surface area contributed by atoms with Crippen LogP contribution in [0.4, 0.5) is 0 Å². The topological polar surface area (TPSA) is 70.4 Å². The number of Topliss-reactive ketones (excluding diaryl/α,β-unsaturated/α-hetero) is 1. The first-order chi connectivity index (χ1) is 13.0. The lowest BCUT2D eigenvalue weighted by Gasteiger charge is -2.19. The first-order valence-electron chi connectivity index (χ1n) is 9.51. The lowest BCUT2D eigenvalue weighted by Crippen LogP contribution is -2.27. The van der Waals surface area contributed by atoms with Gasteiger partial charge < -0.3 is 9.47 Å². The number of rotatable bonds is 8. The maximum Gasteiger partial charge on any atom is 0.328 e. The summed E-state index contributed by atoms with van der Waals surface area (Å²) in [5.74, 6) is 0.480. The molecule has 1 heterocycles. The SMILES string of the molecule is C=CCc1cc(OCC(C)C)cc2c(C(C)=O)nn(CC(=O)OC(C)(C)C)c12. The van der Waals surface area contributed by atoms with Gasteiger partial charge in [-0.25, -0.2) is 0 Å². The summed E-state index contributed by atoms with van der Waals surface area (Å²) in [5, 5.41) is 5.09. The van der Waals surface area contributed by atoms with Crippen molar-refractivity contribution in [2.45, 2.75) is 60.1 Å². The molecule has 0 fully saturated rings. The smallest absolute Gasteiger partial charge is 0.328 e. The second-order valence-electron chi connectivity index (χ2n) is 8.33. The van der Waals surface area contributed by atoms with E-state index in [2.05, 4.69) is 25.5 Å². The van der Waals surface area contributed by atoms with Crippen LogP contribution in [-0.4, -0.2) is 33.7 Å². The maximum atomic E-state index is 12.4. The van der Waals surface area contributed by atoms with Crippen molar-refractivity contribution in [2.75, 3.05) is 6.61 Å². The van der Waals surface area contributed by atoms with Gasteiger partial charge in [0, 0.05) is 12.3 Å². The summed E-state index contributed by atoms with van der Waals surface area (Å²) in [4.78, 5) is 24.5. The van der Waals surface area contributed by atoms with E-state index in [0.717, 1.165) is 11.1 Å². The predicted molar refractivity (Wildman–Crippen MR) is 110 cm³/mol. The molecule has 2 aromatic rings. The molecule has 0 atom stereocenters. The Morgan fingerprint density at radius 2 is 1.96 bits per heavy atom. The molecule has 0 N–H and O–H groups in total. The monoisotopic (exact) mass is 386 g/mol. The summed E-state index contributed by atoms with van der Waals surface area (Å²) < 4.78 is 12.8. The van der Waals surface area contributed by atoms with Gasteiger partial charge in [0.1, 0.15) is 23.6 Å². The standard InChI is InChI=1S/C22H30N2O4/c1-8-9-16-10-17(27-13-14(2)3)11-18-20(15(4)25)23-24(21(16)18)12-19(26)28-22(5,6)7/h8,10-11,14H,1,9,12-13H2,2-7H3. The summed E-state index contributed by atoms with van der Waals surface area (Å²) in [7, 11) is 0. The molecule has 6 nitrogen and oxygen atoms in total. The molecule has 152 valence electrons. The highest BCUT2D eigenvalue weighted by atomic mass is 16.6. The maximum absolute atomic E-state index is 12.4. The highest BCUT2D eigenvalue weighted by molar-refractivity contribution is 6.06. The van der Waals surface area contributed by atoms with Gasteiger partial charge >= 0.3 is 5.97 Å². The molecule has 0 saturated carbocycles. The number of benzene rings is 1. The Morgan fingerprint density at radius 3 is 2.50 bits per heavy atom. The van der Waals surface area contributed by atoms with Crippen LogP contribution in [0.15, 0.2) is 24.8 Å². The van der Waals surface area contributed by atoms with Crippen molar-refractivity contribution in [3.63, 3.8) is 0 Å². The van der Waals surface area contributed by atoms with Gasteiger partial charge in [-0.3, -0.25) is 14.3 Å². The third-order valence-corrected chi connectivity index (χ3v) is 3.88. The quantitative estimate of drug-likeness (QED) is 0.383.